The zero-order valence-electron chi connectivity index (χ0n) is 20.7. The Morgan fingerprint density at radius 2 is 1.66 bits per heavy atom. The van der Waals surface area contributed by atoms with Gasteiger partial charge in [-0.15, -0.1) is 0 Å². The first-order valence-electron chi connectivity index (χ1n) is 12.0. The number of unbranched alkanes of at least 4 members (excludes halogenated alkanes) is 1. The van der Waals surface area contributed by atoms with Crippen molar-refractivity contribution in [2.45, 2.75) is 63.4 Å². The molecule has 0 aliphatic heterocycles. The summed E-state index contributed by atoms with van der Waals surface area (Å²) in [6.07, 6.45) is 2.77. The highest BCUT2D eigenvalue weighted by atomic mass is 35.5. The Hall–Kier alpha value is -2.42. The van der Waals surface area contributed by atoms with E-state index in [0.717, 1.165) is 18.4 Å². The minimum absolute atomic E-state index is 0.126. The van der Waals surface area contributed by atoms with E-state index in [9.17, 15) is 18.0 Å². The molecule has 9 heteroatoms. The van der Waals surface area contributed by atoms with E-state index in [1.165, 1.54) is 11.4 Å². The first-order chi connectivity index (χ1) is 16.7. The first-order valence-corrected chi connectivity index (χ1v) is 13.9. The number of amides is 2. The lowest BCUT2D eigenvalue weighted by atomic mass is 10.1. The lowest BCUT2D eigenvalue weighted by Crippen LogP contribution is -2.49. The van der Waals surface area contributed by atoms with Crippen LogP contribution in [0.25, 0.3) is 0 Å². The summed E-state index contributed by atoms with van der Waals surface area (Å²) in [6.45, 7) is 4.96. The van der Waals surface area contributed by atoms with Gasteiger partial charge in [-0.05, 0) is 49.1 Å². The van der Waals surface area contributed by atoms with E-state index in [1.807, 2.05) is 19.1 Å². The van der Waals surface area contributed by atoms with Gasteiger partial charge >= 0.3 is 0 Å². The zero-order chi connectivity index (χ0) is 25.8. The van der Waals surface area contributed by atoms with Crippen LogP contribution in [0.3, 0.4) is 0 Å². The predicted molar refractivity (Wildman–Crippen MR) is 139 cm³/mol. The molecule has 0 bridgehead atoms. The summed E-state index contributed by atoms with van der Waals surface area (Å²) in [5.41, 5.74) is 0.867. The molecule has 1 N–H and O–H groups in total. The van der Waals surface area contributed by atoms with Crippen LogP contribution in [-0.4, -0.2) is 55.6 Å². The van der Waals surface area contributed by atoms with E-state index in [2.05, 4.69) is 12.2 Å². The van der Waals surface area contributed by atoms with Crippen LogP contribution >= 0.6 is 11.6 Å². The van der Waals surface area contributed by atoms with Crippen molar-refractivity contribution < 1.29 is 18.0 Å². The number of carbonyl (C=O) groups excluding carboxylic acids is 2. The lowest BCUT2D eigenvalue weighted by Gasteiger charge is -2.31. The molecule has 2 aromatic carbocycles. The van der Waals surface area contributed by atoms with Crippen molar-refractivity contribution in [3.63, 3.8) is 0 Å². The maximum Gasteiger partial charge on any atom is 0.242 e. The Morgan fingerprint density at radius 3 is 2.26 bits per heavy atom. The summed E-state index contributed by atoms with van der Waals surface area (Å²) in [7, 11) is -2.12. The second-order valence-corrected chi connectivity index (χ2v) is 10.9. The van der Waals surface area contributed by atoms with Gasteiger partial charge in [0.05, 0.1) is 4.90 Å². The van der Waals surface area contributed by atoms with Crippen LogP contribution in [0.5, 0.6) is 0 Å². The normalized spacial score (nSPS) is 12.4. The van der Waals surface area contributed by atoms with Gasteiger partial charge in [-0.25, -0.2) is 12.7 Å². The molecular formula is C26H36ClN3O4S. The highest BCUT2D eigenvalue weighted by molar-refractivity contribution is 7.89. The van der Waals surface area contributed by atoms with E-state index in [-0.39, 0.29) is 36.2 Å². The van der Waals surface area contributed by atoms with E-state index in [4.69, 9.17) is 11.6 Å². The van der Waals surface area contributed by atoms with Crippen molar-refractivity contribution in [3.8, 4) is 0 Å². The second-order valence-electron chi connectivity index (χ2n) is 8.46. The topological polar surface area (TPSA) is 86.8 Å². The van der Waals surface area contributed by atoms with Gasteiger partial charge in [-0.2, -0.15) is 0 Å². The number of halogens is 1. The van der Waals surface area contributed by atoms with Crippen LogP contribution in [0.1, 0.15) is 51.5 Å². The van der Waals surface area contributed by atoms with E-state index in [0.29, 0.717) is 24.4 Å². The van der Waals surface area contributed by atoms with Gasteiger partial charge < -0.3 is 10.2 Å². The molecule has 0 aliphatic rings. The molecule has 0 fully saturated rings. The Kier molecular flexibility index (Phi) is 11.7. The van der Waals surface area contributed by atoms with Crippen LogP contribution in [-0.2, 0) is 26.2 Å². The molecule has 0 radical (unpaired) electrons. The summed E-state index contributed by atoms with van der Waals surface area (Å²) in [6, 6.07) is 14.8. The number of hydrogen-bond acceptors (Lipinski definition) is 4. The maximum atomic E-state index is 13.3. The lowest BCUT2D eigenvalue weighted by molar-refractivity contribution is -0.141. The highest BCUT2D eigenvalue weighted by Gasteiger charge is 2.28. The van der Waals surface area contributed by atoms with Crippen molar-refractivity contribution in [2.24, 2.45) is 0 Å². The van der Waals surface area contributed by atoms with Gasteiger partial charge in [-0.1, -0.05) is 62.2 Å². The van der Waals surface area contributed by atoms with Gasteiger partial charge in [0.2, 0.25) is 21.8 Å². The molecule has 0 aromatic heterocycles. The molecule has 2 amide bonds. The fourth-order valence-corrected chi connectivity index (χ4v) is 5.06. The molecule has 0 spiro atoms. The summed E-state index contributed by atoms with van der Waals surface area (Å²) in [5, 5.41) is 3.53. The SMILES string of the molecule is CCCCNC(=O)[C@@H](CC)N(Cc1ccc(Cl)cc1)C(=O)CCCN(C)S(=O)(=O)c1ccccc1. The molecule has 0 saturated heterocycles. The van der Waals surface area contributed by atoms with Crippen LogP contribution in [0.2, 0.25) is 5.02 Å². The van der Waals surface area contributed by atoms with Gasteiger partial charge in [0, 0.05) is 38.1 Å². The monoisotopic (exact) mass is 521 g/mol. The molecule has 2 aromatic rings. The maximum absolute atomic E-state index is 13.3. The number of rotatable bonds is 14. The Labute approximate surface area is 214 Å². The third kappa shape index (κ3) is 8.63. The molecule has 7 nitrogen and oxygen atoms in total. The van der Waals surface area contributed by atoms with Gasteiger partial charge in [0.15, 0.2) is 0 Å². The summed E-state index contributed by atoms with van der Waals surface area (Å²) < 4.78 is 26.8. The number of hydrogen-bond donors (Lipinski definition) is 1. The molecule has 0 aliphatic carbocycles. The van der Waals surface area contributed by atoms with Gasteiger partial charge in [-0.3, -0.25) is 9.59 Å². The number of carbonyl (C=O) groups is 2. The number of sulfonamides is 1. The minimum atomic E-state index is -3.63. The van der Waals surface area contributed by atoms with Crippen molar-refractivity contribution in [3.05, 3.63) is 65.2 Å². The number of benzene rings is 2. The van der Waals surface area contributed by atoms with Crippen LogP contribution in [0.15, 0.2) is 59.5 Å². The van der Waals surface area contributed by atoms with Crippen LogP contribution < -0.4 is 5.32 Å². The second kappa shape index (κ2) is 14.2. The predicted octanol–water partition coefficient (Wildman–Crippen LogP) is 4.46. The highest BCUT2D eigenvalue weighted by Crippen LogP contribution is 2.18. The minimum Gasteiger partial charge on any atom is -0.354 e. The molecule has 2 rings (SSSR count). The standard InChI is InChI=1S/C26H36ClN3O4S/c1-4-6-18-28-26(32)24(5-2)30(20-21-14-16-22(27)17-15-21)25(31)13-10-19-29(3)35(33,34)23-11-8-7-9-12-23/h7-9,11-12,14-17,24H,4-6,10,13,18-20H2,1-3H3,(H,28,32)/t24-/m1/s1. The van der Waals surface area contributed by atoms with E-state index < -0.39 is 16.1 Å². The summed E-state index contributed by atoms with van der Waals surface area (Å²) >= 11 is 6.00. The van der Waals surface area contributed by atoms with Crippen LogP contribution in [0, 0.1) is 0 Å². The molecule has 0 saturated carbocycles. The largest absolute Gasteiger partial charge is 0.354 e. The Bertz CT molecular complexity index is 1050. The van der Waals surface area contributed by atoms with Crippen molar-refractivity contribution in [2.75, 3.05) is 20.1 Å². The van der Waals surface area contributed by atoms with E-state index >= 15 is 0 Å². The number of nitrogens with zero attached hydrogens (tertiary/aromatic N) is 2. The zero-order valence-corrected chi connectivity index (χ0v) is 22.3. The first kappa shape index (κ1) is 28.8. The molecule has 1 atom stereocenters. The van der Waals surface area contributed by atoms with Crippen molar-refractivity contribution in [1.82, 2.24) is 14.5 Å². The number of nitrogens with one attached hydrogen (secondary N) is 1. The summed E-state index contributed by atoms with van der Waals surface area (Å²) in [5.74, 6) is -0.366. The Balaban J connectivity index is 2.10. The molecular weight excluding hydrogens is 486 g/mol. The van der Waals surface area contributed by atoms with Crippen molar-refractivity contribution >= 4 is 33.4 Å². The molecule has 35 heavy (non-hydrogen) atoms. The van der Waals surface area contributed by atoms with Crippen LogP contribution in [0.4, 0.5) is 0 Å². The third-order valence-electron chi connectivity index (χ3n) is 5.80. The quantitative estimate of drug-likeness (QED) is 0.372. The molecule has 192 valence electrons. The Morgan fingerprint density at radius 1 is 1.00 bits per heavy atom. The smallest absolute Gasteiger partial charge is 0.242 e. The average Bonchev–Trinajstić information content (AvgIpc) is 2.85. The fourth-order valence-electron chi connectivity index (χ4n) is 3.70. The molecule has 0 unspecified atom stereocenters. The third-order valence-corrected chi connectivity index (χ3v) is 7.92. The molecule has 0 heterocycles. The van der Waals surface area contributed by atoms with Gasteiger partial charge in [0.25, 0.3) is 0 Å². The average molecular weight is 522 g/mol. The van der Waals surface area contributed by atoms with Crippen molar-refractivity contribution in [1.29, 1.82) is 0 Å². The van der Waals surface area contributed by atoms with Gasteiger partial charge in [0.1, 0.15) is 6.04 Å². The van der Waals surface area contributed by atoms with E-state index in [1.54, 1.807) is 47.4 Å². The fraction of sp³-hybridized carbons (Fsp3) is 0.462. The summed E-state index contributed by atoms with van der Waals surface area (Å²) in [4.78, 5) is 28.0.